The molecule has 0 bridgehead atoms. The molecular weight excluding hydrogens is 431 g/mol. The summed E-state index contributed by atoms with van der Waals surface area (Å²) >= 11 is 6.20. The number of carbonyl (C=O) groups is 2. The summed E-state index contributed by atoms with van der Waals surface area (Å²) < 4.78 is 39.5. The van der Waals surface area contributed by atoms with Crippen molar-refractivity contribution in [2.45, 2.75) is 50.6 Å². The van der Waals surface area contributed by atoms with E-state index in [2.05, 4.69) is 5.32 Å². The van der Waals surface area contributed by atoms with E-state index in [4.69, 9.17) is 11.6 Å². The first-order valence-electron chi connectivity index (χ1n) is 9.99. The molecule has 31 heavy (non-hydrogen) atoms. The molecule has 166 valence electrons. The quantitative estimate of drug-likeness (QED) is 0.493. The fraction of sp³-hybridized carbons (Fsp3) is 0.391. The first-order valence-corrected chi connectivity index (χ1v) is 10.4. The largest absolute Gasteiger partial charge is 0.481 e. The number of halogens is 4. The van der Waals surface area contributed by atoms with Gasteiger partial charge in [0.15, 0.2) is 0 Å². The molecule has 4 nitrogen and oxygen atoms in total. The minimum absolute atomic E-state index is 0.0558. The summed E-state index contributed by atoms with van der Waals surface area (Å²) in [4.78, 5) is 24.1. The number of hydrogen-bond acceptors (Lipinski definition) is 2. The third kappa shape index (κ3) is 6.47. The average Bonchev–Trinajstić information content (AvgIpc) is 3.51. The molecule has 2 aromatic rings. The molecule has 0 heterocycles. The number of alkyl halides is 3. The Balaban J connectivity index is 1.87. The summed E-state index contributed by atoms with van der Waals surface area (Å²) in [7, 11) is 0. The van der Waals surface area contributed by atoms with Crippen LogP contribution in [0.2, 0.25) is 5.02 Å². The van der Waals surface area contributed by atoms with Crippen LogP contribution in [0.5, 0.6) is 0 Å². The van der Waals surface area contributed by atoms with Gasteiger partial charge in [-0.1, -0.05) is 47.5 Å². The van der Waals surface area contributed by atoms with Crippen LogP contribution in [0, 0.1) is 12.8 Å². The molecule has 3 rings (SSSR count). The number of carboxylic acid groups (broad SMARTS) is 1. The molecule has 1 aliphatic rings. The topological polar surface area (TPSA) is 66.4 Å². The van der Waals surface area contributed by atoms with Crippen LogP contribution in [0.15, 0.2) is 42.5 Å². The van der Waals surface area contributed by atoms with E-state index in [1.807, 2.05) is 0 Å². The number of benzene rings is 2. The number of carbonyl (C=O) groups excluding carboxylic acids is 1. The van der Waals surface area contributed by atoms with Gasteiger partial charge in [-0.05, 0) is 54.9 Å². The molecule has 0 spiro atoms. The van der Waals surface area contributed by atoms with Crippen molar-refractivity contribution in [3.63, 3.8) is 0 Å². The number of amides is 1. The van der Waals surface area contributed by atoms with E-state index >= 15 is 0 Å². The van der Waals surface area contributed by atoms with Gasteiger partial charge in [-0.3, -0.25) is 9.59 Å². The number of aliphatic carboxylic acids is 1. The lowest BCUT2D eigenvalue weighted by atomic mass is 9.90. The fourth-order valence-corrected chi connectivity index (χ4v) is 3.89. The lowest BCUT2D eigenvalue weighted by Crippen LogP contribution is -2.26. The Labute approximate surface area is 183 Å². The normalized spacial score (nSPS) is 15.9. The first kappa shape index (κ1) is 23.1. The van der Waals surface area contributed by atoms with Crippen molar-refractivity contribution in [2.75, 3.05) is 5.32 Å². The lowest BCUT2D eigenvalue weighted by molar-refractivity contribution is -0.146. The van der Waals surface area contributed by atoms with Crippen molar-refractivity contribution >= 4 is 29.2 Å². The fourth-order valence-electron chi connectivity index (χ4n) is 3.72. The molecule has 0 saturated heterocycles. The highest BCUT2D eigenvalue weighted by Crippen LogP contribution is 2.45. The van der Waals surface area contributed by atoms with E-state index in [1.165, 1.54) is 18.2 Å². The minimum Gasteiger partial charge on any atom is -0.481 e. The van der Waals surface area contributed by atoms with E-state index in [9.17, 15) is 27.9 Å². The molecule has 1 unspecified atom stereocenters. The number of hydrogen-bond donors (Lipinski definition) is 2. The number of rotatable bonds is 8. The van der Waals surface area contributed by atoms with Crippen LogP contribution >= 0.6 is 11.6 Å². The predicted octanol–water partition coefficient (Wildman–Crippen LogP) is 6.29. The Hall–Kier alpha value is -2.54. The monoisotopic (exact) mass is 453 g/mol. The van der Waals surface area contributed by atoms with Crippen LogP contribution < -0.4 is 5.32 Å². The number of carboxylic acids is 1. The summed E-state index contributed by atoms with van der Waals surface area (Å²) in [6.45, 7) is 1.81. The van der Waals surface area contributed by atoms with E-state index < -0.39 is 30.4 Å². The van der Waals surface area contributed by atoms with Crippen molar-refractivity contribution in [1.29, 1.82) is 0 Å². The van der Waals surface area contributed by atoms with Crippen molar-refractivity contribution in [2.24, 2.45) is 5.92 Å². The first-order chi connectivity index (χ1) is 14.5. The molecule has 8 heteroatoms. The van der Waals surface area contributed by atoms with E-state index in [0.717, 1.165) is 18.4 Å². The van der Waals surface area contributed by atoms with Gasteiger partial charge >= 0.3 is 12.1 Å². The summed E-state index contributed by atoms with van der Waals surface area (Å²) in [5, 5.41) is 11.9. The number of aryl methyl sites for hydroxylation is 1. The van der Waals surface area contributed by atoms with Gasteiger partial charge in [-0.2, -0.15) is 13.2 Å². The molecule has 1 saturated carbocycles. The zero-order valence-corrected chi connectivity index (χ0v) is 17.6. The Morgan fingerprint density at radius 3 is 2.29 bits per heavy atom. The Kier molecular flexibility index (Phi) is 6.94. The standard InChI is InChI=1S/C23H23ClF3NO3/c1-13-2-4-15(5-3-13)18(12-23(25,26)27)22(31)28-20-10-16(8-9-19(20)24)17(11-21(29)30)14-6-7-14/h2-5,8-10,14,17-18H,6-7,11-12H2,1H3,(H,28,31)(H,29,30)/t17?,18-/m0/s1. The highest BCUT2D eigenvalue weighted by molar-refractivity contribution is 6.33. The van der Waals surface area contributed by atoms with E-state index in [0.29, 0.717) is 5.56 Å². The van der Waals surface area contributed by atoms with E-state index in [1.54, 1.807) is 31.2 Å². The molecule has 2 N–H and O–H groups in total. The molecule has 2 atom stereocenters. The van der Waals surface area contributed by atoms with E-state index in [-0.39, 0.29) is 34.5 Å². The SMILES string of the molecule is Cc1ccc([C@H](CC(F)(F)F)C(=O)Nc2cc(C(CC(=O)O)C3CC3)ccc2Cl)cc1. The van der Waals surface area contributed by atoms with Crippen LogP contribution in [0.4, 0.5) is 18.9 Å². The molecule has 0 aromatic heterocycles. The summed E-state index contributed by atoms with van der Waals surface area (Å²) in [6, 6.07) is 11.2. The third-order valence-corrected chi connectivity index (χ3v) is 5.82. The number of anilines is 1. The van der Waals surface area contributed by atoms with Gasteiger partial charge in [0.1, 0.15) is 0 Å². The second-order valence-corrected chi connectivity index (χ2v) is 8.46. The molecular formula is C23H23ClF3NO3. The average molecular weight is 454 g/mol. The third-order valence-electron chi connectivity index (χ3n) is 5.49. The lowest BCUT2D eigenvalue weighted by Gasteiger charge is -2.21. The molecule has 2 aromatic carbocycles. The molecule has 1 aliphatic carbocycles. The van der Waals surface area contributed by atoms with Crippen LogP contribution in [-0.2, 0) is 9.59 Å². The molecule has 0 radical (unpaired) electrons. The maximum atomic E-state index is 13.2. The maximum Gasteiger partial charge on any atom is 0.390 e. The van der Waals surface area contributed by atoms with Crippen molar-refractivity contribution in [3.05, 3.63) is 64.2 Å². The molecule has 0 aliphatic heterocycles. The van der Waals surface area contributed by atoms with Crippen molar-refractivity contribution in [3.8, 4) is 0 Å². The van der Waals surface area contributed by atoms with Gasteiger partial charge in [0.25, 0.3) is 0 Å². The minimum atomic E-state index is -4.53. The van der Waals surface area contributed by atoms with Gasteiger partial charge < -0.3 is 10.4 Å². The smallest absolute Gasteiger partial charge is 0.390 e. The summed E-state index contributed by atoms with van der Waals surface area (Å²) in [5.41, 5.74) is 2.01. The van der Waals surface area contributed by atoms with Crippen LogP contribution in [-0.4, -0.2) is 23.2 Å². The Morgan fingerprint density at radius 2 is 1.74 bits per heavy atom. The zero-order valence-electron chi connectivity index (χ0n) is 16.9. The summed E-state index contributed by atoms with van der Waals surface area (Å²) in [6.07, 6.45) is -4.05. The second-order valence-electron chi connectivity index (χ2n) is 8.05. The Morgan fingerprint density at radius 1 is 1.13 bits per heavy atom. The van der Waals surface area contributed by atoms with Crippen molar-refractivity contribution < 1.29 is 27.9 Å². The van der Waals surface area contributed by atoms with Gasteiger partial charge in [0, 0.05) is 0 Å². The predicted molar refractivity (Wildman–Crippen MR) is 112 cm³/mol. The van der Waals surface area contributed by atoms with Gasteiger partial charge in [0.05, 0.1) is 29.5 Å². The zero-order chi connectivity index (χ0) is 22.8. The Bertz CT molecular complexity index is 956. The van der Waals surface area contributed by atoms with Crippen molar-refractivity contribution in [1.82, 2.24) is 0 Å². The summed E-state index contributed by atoms with van der Waals surface area (Å²) in [5.74, 6) is -3.16. The van der Waals surface area contributed by atoms with Crippen LogP contribution in [0.25, 0.3) is 0 Å². The van der Waals surface area contributed by atoms with Gasteiger partial charge in [-0.25, -0.2) is 0 Å². The van der Waals surface area contributed by atoms with Gasteiger partial charge in [-0.15, -0.1) is 0 Å². The van der Waals surface area contributed by atoms with Crippen LogP contribution in [0.3, 0.4) is 0 Å². The van der Waals surface area contributed by atoms with Gasteiger partial charge in [0.2, 0.25) is 5.91 Å². The van der Waals surface area contributed by atoms with Crippen LogP contribution in [0.1, 0.15) is 54.2 Å². The molecule has 1 fully saturated rings. The highest BCUT2D eigenvalue weighted by Gasteiger charge is 2.37. The highest BCUT2D eigenvalue weighted by atomic mass is 35.5. The second kappa shape index (κ2) is 9.30. The maximum absolute atomic E-state index is 13.2. The molecule has 1 amide bonds. The number of nitrogens with one attached hydrogen (secondary N) is 1.